The van der Waals surface area contributed by atoms with Gasteiger partial charge in [0, 0.05) is 44.7 Å². The van der Waals surface area contributed by atoms with Crippen LogP contribution < -0.4 is 0 Å². The number of ether oxygens (including phenoxy) is 1. The summed E-state index contributed by atoms with van der Waals surface area (Å²) in [7, 11) is 0. The number of hydrogen-bond acceptors (Lipinski definition) is 5. The lowest BCUT2D eigenvalue weighted by Gasteiger charge is -2.32. The van der Waals surface area contributed by atoms with E-state index in [0.29, 0.717) is 37.6 Å². The van der Waals surface area contributed by atoms with Gasteiger partial charge in [0.25, 0.3) is 5.91 Å². The van der Waals surface area contributed by atoms with Crippen LogP contribution in [0.25, 0.3) is 0 Å². The van der Waals surface area contributed by atoms with E-state index in [-0.39, 0.29) is 17.8 Å². The summed E-state index contributed by atoms with van der Waals surface area (Å²) >= 11 is 0. The third-order valence-corrected chi connectivity index (χ3v) is 6.37. The van der Waals surface area contributed by atoms with Gasteiger partial charge in [-0.1, -0.05) is 29.8 Å². The highest BCUT2D eigenvalue weighted by Gasteiger charge is 2.34. The Balaban J connectivity index is 1.50. The highest BCUT2D eigenvalue weighted by molar-refractivity contribution is 5.97. The summed E-state index contributed by atoms with van der Waals surface area (Å²) in [6.07, 6.45) is 2.39. The molecule has 6 nitrogen and oxygen atoms in total. The van der Waals surface area contributed by atoms with Crippen LogP contribution in [0.4, 0.5) is 0 Å². The summed E-state index contributed by atoms with van der Waals surface area (Å²) in [5.41, 5.74) is 4.23. The van der Waals surface area contributed by atoms with Crippen LogP contribution in [0, 0.1) is 19.8 Å². The van der Waals surface area contributed by atoms with Crippen molar-refractivity contribution in [3.63, 3.8) is 0 Å². The van der Waals surface area contributed by atoms with Crippen molar-refractivity contribution in [1.29, 1.82) is 0 Å². The van der Waals surface area contributed by atoms with Crippen LogP contribution in [0.2, 0.25) is 0 Å². The second kappa shape index (κ2) is 9.27. The molecule has 2 aromatic rings. The first-order valence-corrected chi connectivity index (χ1v) is 11.3. The maximum atomic E-state index is 13.5. The molecular weight excluding hydrogens is 392 g/mol. The maximum absolute atomic E-state index is 13.5. The van der Waals surface area contributed by atoms with Crippen molar-refractivity contribution < 1.29 is 18.7 Å². The van der Waals surface area contributed by atoms with Crippen LogP contribution in [0.15, 0.2) is 28.7 Å². The maximum Gasteiger partial charge on any atom is 0.310 e. The fraction of sp³-hybridized carbons (Fsp3) is 0.520. The molecule has 4 rings (SSSR count). The Morgan fingerprint density at radius 2 is 1.94 bits per heavy atom. The first-order valence-electron chi connectivity index (χ1n) is 11.3. The van der Waals surface area contributed by atoms with Crippen LogP contribution in [-0.2, 0) is 29.0 Å². The molecule has 0 radical (unpaired) electrons. The third-order valence-electron chi connectivity index (χ3n) is 6.37. The number of benzene rings is 1. The van der Waals surface area contributed by atoms with Crippen molar-refractivity contribution in [2.45, 2.75) is 53.1 Å². The lowest BCUT2D eigenvalue weighted by atomic mass is 9.96. The van der Waals surface area contributed by atoms with Crippen molar-refractivity contribution >= 4 is 11.9 Å². The molecule has 1 atom stereocenters. The van der Waals surface area contributed by atoms with Crippen molar-refractivity contribution in [3.05, 3.63) is 58.0 Å². The van der Waals surface area contributed by atoms with E-state index in [0.717, 1.165) is 43.7 Å². The van der Waals surface area contributed by atoms with E-state index in [2.05, 4.69) is 36.1 Å². The molecule has 2 aliphatic rings. The van der Waals surface area contributed by atoms with Gasteiger partial charge in [-0.3, -0.25) is 14.5 Å². The number of esters is 1. The predicted molar refractivity (Wildman–Crippen MR) is 118 cm³/mol. The Hall–Kier alpha value is -2.60. The van der Waals surface area contributed by atoms with E-state index in [1.165, 1.54) is 11.1 Å². The zero-order chi connectivity index (χ0) is 22.0. The van der Waals surface area contributed by atoms with E-state index in [9.17, 15) is 9.59 Å². The summed E-state index contributed by atoms with van der Waals surface area (Å²) in [6.45, 7) is 9.71. The Morgan fingerprint density at radius 1 is 1.16 bits per heavy atom. The second-order valence-corrected chi connectivity index (χ2v) is 8.72. The fourth-order valence-electron chi connectivity index (χ4n) is 4.72. The molecule has 1 amide bonds. The third kappa shape index (κ3) is 4.69. The first kappa shape index (κ1) is 21.6. The molecule has 2 aliphatic heterocycles. The van der Waals surface area contributed by atoms with Gasteiger partial charge in [-0.15, -0.1) is 0 Å². The number of rotatable bonds is 5. The van der Waals surface area contributed by atoms with E-state index in [1.54, 1.807) is 0 Å². The summed E-state index contributed by atoms with van der Waals surface area (Å²) in [5, 5.41) is 0. The minimum Gasteiger partial charge on any atom is -0.466 e. The minimum atomic E-state index is -0.237. The number of piperidine rings is 1. The van der Waals surface area contributed by atoms with Gasteiger partial charge < -0.3 is 14.1 Å². The van der Waals surface area contributed by atoms with Crippen molar-refractivity contribution in [2.75, 3.05) is 26.2 Å². The number of furan rings is 1. The molecule has 166 valence electrons. The van der Waals surface area contributed by atoms with Gasteiger partial charge in [-0.05, 0) is 39.2 Å². The molecule has 1 aromatic heterocycles. The first-order chi connectivity index (χ1) is 15.0. The molecule has 1 saturated heterocycles. The van der Waals surface area contributed by atoms with Crippen molar-refractivity contribution in [2.24, 2.45) is 5.92 Å². The monoisotopic (exact) mass is 424 g/mol. The Labute approximate surface area is 184 Å². The van der Waals surface area contributed by atoms with E-state index in [1.807, 2.05) is 18.7 Å². The largest absolute Gasteiger partial charge is 0.466 e. The molecular formula is C25H32N2O4. The van der Waals surface area contributed by atoms with Crippen LogP contribution >= 0.6 is 0 Å². The number of nitrogens with zero attached hydrogens (tertiary/aromatic N) is 2. The molecule has 3 heterocycles. The average Bonchev–Trinajstić information content (AvgIpc) is 3.10. The van der Waals surface area contributed by atoms with Gasteiger partial charge in [0.05, 0.1) is 18.1 Å². The molecule has 31 heavy (non-hydrogen) atoms. The van der Waals surface area contributed by atoms with Gasteiger partial charge in [0.15, 0.2) is 0 Å². The van der Waals surface area contributed by atoms with Crippen molar-refractivity contribution in [1.82, 2.24) is 9.80 Å². The van der Waals surface area contributed by atoms with Gasteiger partial charge in [0.2, 0.25) is 0 Å². The number of fused-ring (bicyclic) bond motifs is 1. The summed E-state index contributed by atoms with van der Waals surface area (Å²) < 4.78 is 11.2. The topological polar surface area (TPSA) is 63.0 Å². The number of aryl methyl sites for hydroxylation is 2. The Kier molecular flexibility index (Phi) is 6.46. The number of hydrogen-bond donors (Lipinski definition) is 0. The molecule has 1 aromatic carbocycles. The molecule has 0 spiro atoms. The van der Waals surface area contributed by atoms with Crippen molar-refractivity contribution in [3.8, 4) is 0 Å². The molecule has 0 saturated carbocycles. The smallest absolute Gasteiger partial charge is 0.310 e. The Bertz CT molecular complexity index is 947. The molecule has 1 fully saturated rings. The van der Waals surface area contributed by atoms with Crippen LogP contribution in [0.5, 0.6) is 0 Å². The van der Waals surface area contributed by atoms with E-state index >= 15 is 0 Å². The average molecular weight is 425 g/mol. The fourth-order valence-corrected chi connectivity index (χ4v) is 4.72. The zero-order valence-corrected chi connectivity index (χ0v) is 18.8. The predicted octanol–water partition coefficient (Wildman–Crippen LogP) is 3.87. The molecule has 0 N–H and O–H groups in total. The highest BCUT2D eigenvalue weighted by Crippen LogP contribution is 2.31. The van der Waals surface area contributed by atoms with Gasteiger partial charge in [-0.25, -0.2) is 0 Å². The van der Waals surface area contributed by atoms with E-state index in [4.69, 9.17) is 9.15 Å². The molecule has 6 heteroatoms. The van der Waals surface area contributed by atoms with E-state index < -0.39 is 0 Å². The highest BCUT2D eigenvalue weighted by atomic mass is 16.5. The summed E-state index contributed by atoms with van der Waals surface area (Å²) in [5.74, 6) is 1.16. The Morgan fingerprint density at radius 3 is 2.68 bits per heavy atom. The standard InChI is InChI=1S/C25H32N2O4/c1-4-30-25(29)20-6-5-12-27(15-20)24(28)23-18(3)31-22-11-13-26(16-21(22)23)14-19-9-7-17(2)8-10-19/h7-10,20H,4-6,11-16H2,1-3H3/t20-/m0/s1. The van der Waals surface area contributed by atoms with Gasteiger partial charge in [-0.2, -0.15) is 0 Å². The number of likely N-dealkylation sites (tertiary alicyclic amines) is 1. The van der Waals surface area contributed by atoms with Crippen LogP contribution in [-0.4, -0.2) is 47.9 Å². The molecule has 0 aliphatic carbocycles. The SMILES string of the molecule is CCOC(=O)[C@H]1CCCN(C(=O)c2c(C)oc3c2CN(Cc2ccc(C)cc2)CC3)C1. The normalized spacial score (nSPS) is 19.2. The number of carbonyl (C=O) groups excluding carboxylic acids is 2. The zero-order valence-electron chi connectivity index (χ0n) is 18.8. The summed E-state index contributed by atoms with van der Waals surface area (Å²) in [6, 6.07) is 8.61. The second-order valence-electron chi connectivity index (χ2n) is 8.72. The quantitative estimate of drug-likeness (QED) is 0.682. The number of amides is 1. The van der Waals surface area contributed by atoms with Gasteiger partial charge in [0.1, 0.15) is 11.5 Å². The lowest BCUT2D eigenvalue weighted by molar-refractivity contribution is -0.149. The summed E-state index contributed by atoms with van der Waals surface area (Å²) in [4.78, 5) is 29.9. The molecule has 0 unspecified atom stereocenters. The minimum absolute atomic E-state index is 0.0197. The number of carbonyl (C=O) groups is 2. The lowest BCUT2D eigenvalue weighted by Crippen LogP contribution is -2.43. The van der Waals surface area contributed by atoms with Gasteiger partial charge >= 0.3 is 5.97 Å². The molecule has 0 bridgehead atoms. The van der Waals surface area contributed by atoms with Crippen LogP contribution in [0.3, 0.4) is 0 Å². The van der Waals surface area contributed by atoms with Crippen LogP contribution in [0.1, 0.15) is 58.3 Å².